The minimum Gasteiger partial charge on any atom is -0.493 e. The lowest BCUT2D eigenvalue weighted by molar-refractivity contribution is 0.358. The second-order valence-electron chi connectivity index (χ2n) is 4.77. The zero-order valence-electron chi connectivity index (χ0n) is 12.7. The van der Waals surface area contributed by atoms with Crippen molar-refractivity contribution in [3.05, 3.63) is 59.1 Å². The maximum Gasteiger partial charge on any atom is 0.187 e. The predicted molar refractivity (Wildman–Crippen MR) is 89.1 cm³/mol. The normalized spacial score (nSPS) is 10.2. The van der Waals surface area contributed by atoms with Gasteiger partial charge in [-0.1, -0.05) is 35.4 Å². The number of hydrogen-bond donors (Lipinski definition) is 0. The van der Waals surface area contributed by atoms with E-state index in [0.29, 0.717) is 22.7 Å². The number of nitrogens with zero attached hydrogens (tertiary/aromatic N) is 4. The van der Waals surface area contributed by atoms with Gasteiger partial charge in [0, 0.05) is 22.2 Å². The van der Waals surface area contributed by atoms with Crippen LogP contribution in [0.1, 0.15) is 0 Å². The van der Waals surface area contributed by atoms with Crippen molar-refractivity contribution >= 4 is 16.6 Å². The summed E-state index contributed by atoms with van der Waals surface area (Å²) in [5.74, 6) is 1.15. The van der Waals surface area contributed by atoms with Crippen molar-refractivity contribution in [3.63, 3.8) is 0 Å². The van der Waals surface area contributed by atoms with Crippen LogP contribution >= 0.6 is 0 Å². The van der Waals surface area contributed by atoms with Gasteiger partial charge in [-0.25, -0.2) is 0 Å². The highest BCUT2D eigenvalue weighted by molar-refractivity contribution is 6.01. The fourth-order valence-electron chi connectivity index (χ4n) is 2.60. The van der Waals surface area contributed by atoms with Crippen LogP contribution in [-0.4, -0.2) is 19.2 Å². The Hall–Kier alpha value is -3.24. The van der Waals surface area contributed by atoms with Gasteiger partial charge in [0.2, 0.25) is 0 Å². The zero-order valence-corrected chi connectivity index (χ0v) is 12.7. The average Bonchev–Trinajstić information content (AvgIpc) is 2.61. The van der Waals surface area contributed by atoms with Gasteiger partial charge in [0.15, 0.2) is 11.5 Å². The first-order valence-corrected chi connectivity index (χ1v) is 6.94. The van der Waals surface area contributed by atoms with Crippen LogP contribution in [0.15, 0.2) is 53.8 Å². The summed E-state index contributed by atoms with van der Waals surface area (Å²) in [4.78, 5) is 7.32. The highest BCUT2D eigenvalue weighted by Gasteiger charge is 2.16. The third-order valence-corrected chi connectivity index (χ3v) is 3.58. The standard InChI is InChI=1S/C17H14N4O2/c1-22-15-10-13(11-6-3-4-8-14(11)20-21-18)12-7-5-9-19-16(12)17(15)23-2/h3-10H,1-2H3. The SMILES string of the molecule is COc1cc(-c2ccccc2N=[N+]=[N-])c2cccnc2c1OC. The molecule has 0 aliphatic heterocycles. The Morgan fingerprint density at radius 1 is 1.04 bits per heavy atom. The van der Waals surface area contributed by atoms with Crippen molar-refractivity contribution in [2.75, 3.05) is 14.2 Å². The second kappa shape index (κ2) is 6.25. The maximum absolute atomic E-state index is 8.79. The van der Waals surface area contributed by atoms with Crippen molar-refractivity contribution in [3.8, 4) is 22.6 Å². The minimum absolute atomic E-state index is 0.548. The number of fused-ring (bicyclic) bond motifs is 1. The number of ether oxygens (including phenoxy) is 2. The van der Waals surface area contributed by atoms with Crippen LogP contribution in [-0.2, 0) is 0 Å². The van der Waals surface area contributed by atoms with E-state index in [1.165, 1.54) is 0 Å². The van der Waals surface area contributed by atoms with Crippen LogP contribution in [0.25, 0.3) is 32.5 Å². The van der Waals surface area contributed by atoms with Crippen LogP contribution in [0.2, 0.25) is 0 Å². The number of rotatable bonds is 4. The van der Waals surface area contributed by atoms with E-state index < -0.39 is 0 Å². The van der Waals surface area contributed by atoms with Crippen molar-refractivity contribution in [1.82, 2.24) is 4.98 Å². The van der Waals surface area contributed by atoms with Crippen molar-refractivity contribution < 1.29 is 9.47 Å². The summed E-state index contributed by atoms with van der Waals surface area (Å²) in [6, 6.07) is 13.1. The smallest absolute Gasteiger partial charge is 0.187 e. The van der Waals surface area contributed by atoms with E-state index in [-0.39, 0.29) is 0 Å². The van der Waals surface area contributed by atoms with Gasteiger partial charge in [-0.05, 0) is 28.8 Å². The van der Waals surface area contributed by atoms with Gasteiger partial charge in [-0.15, -0.1) is 0 Å². The molecule has 1 aromatic heterocycles. The minimum atomic E-state index is 0.548. The predicted octanol–water partition coefficient (Wildman–Crippen LogP) is 4.86. The molecule has 114 valence electrons. The lowest BCUT2D eigenvalue weighted by atomic mass is 9.98. The number of pyridine rings is 1. The molecular weight excluding hydrogens is 292 g/mol. The van der Waals surface area contributed by atoms with Crippen LogP contribution in [0, 0.1) is 0 Å². The molecule has 0 aliphatic rings. The highest BCUT2D eigenvalue weighted by Crippen LogP contribution is 2.43. The van der Waals surface area contributed by atoms with Gasteiger partial charge in [0.05, 0.1) is 14.2 Å². The summed E-state index contributed by atoms with van der Waals surface area (Å²) in [6.45, 7) is 0. The molecule has 0 radical (unpaired) electrons. The summed E-state index contributed by atoms with van der Waals surface area (Å²) in [5, 5.41) is 4.67. The zero-order chi connectivity index (χ0) is 16.2. The van der Waals surface area contributed by atoms with Crippen molar-refractivity contribution in [2.45, 2.75) is 0 Å². The van der Waals surface area contributed by atoms with Gasteiger partial charge in [0.25, 0.3) is 0 Å². The highest BCUT2D eigenvalue weighted by atomic mass is 16.5. The molecule has 0 saturated carbocycles. The number of aromatic nitrogens is 1. The molecule has 3 aromatic rings. The molecule has 0 atom stereocenters. The summed E-state index contributed by atoms with van der Waals surface area (Å²) >= 11 is 0. The molecule has 6 heteroatoms. The Bertz CT molecular complexity index is 918. The van der Waals surface area contributed by atoms with Crippen molar-refractivity contribution in [2.24, 2.45) is 5.11 Å². The monoisotopic (exact) mass is 306 g/mol. The van der Waals surface area contributed by atoms with Crippen LogP contribution in [0.4, 0.5) is 5.69 Å². The maximum atomic E-state index is 8.79. The van der Waals surface area contributed by atoms with E-state index >= 15 is 0 Å². The molecule has 0 spiro atoms. The van der Waals surface area contributed by atoms with E-state index in [1.807, 2.05) is 36.4 Å². The molecule has 0 fully saturated rings. The van der Waals surface area contributed by atoms with Crippen LogP contribution < -0.4 is 9.47 Å². The Labute approximate surface area is 132 Å². The first-order chi connectivity index (χ1) is 11.3. The molecule has 0 saturated heterocycles. The van der Waals surface area contributed by atoms with E-state index in [4.69, 9.17) is 15.0 Å². The van der Waals surface area contributed by atoms with Gasteiger partial charge in [0.1, 0.15) is 5.52 Å². The molecule has 6 nitrogen and oxygen atoms in total. The summed E-state index contributed by atoms with van der Waals surface area (Å²) < 4.78 is 10.9. The van der Waals surface area contributed by atoms with E-state index in [1.54, 1.807) is 26.5 Å². The fraction of sp³-hybridized carbons (Fsp3) is 0.118. The fourth-order valence-corrected chi connectivity index (χ4v) is 2.60. The molecule has 0 N–H and O–H groups in total. The lowest BCUT2D eigenvalue weighted by Gasteiger charge is -2.15. The quantitative estimate of drug-likeness (QED) is 0.392. The van der Waals surface area contributed by atoms with Crippen LogP contribution in [0.5, 0.6) is 11.5 Å². The molecule has 0 bridgehead atoms. The Kier molecular flexibility index (Phi) is 3.99. The number of azide groups is 1. The first-order valence-electron chi connectivity index (χ1n) is 6.94. The number of methoxy groups -OCH3 is 2. The first kappa shape index (κ1) is 14.7. The molecule has 3 rings (SSSR count). The topological polar surface area (TPSA) is 80.1 Å². The lowest BCUT2D eigenvalue weighted by Crippen LogP contribution is -1.95. The average molecular weight is 306 g/mol. The van der Waals surface area contributed by atoms with Gasteiger partial charge in [-0.2, -0.15) is 0 Å². The van der Waals surface area contributed by atoms with Gasteiger partial charge < -0.3 is 9.47 Å². The van der Waals surface area contributed by atoms with Gasteiger partial charge in [-0.3, -0.25) is 4.98 Å². The summed E-state index contributed by atoms with van der Waals surface area (Å²) in [7, 11) is 3.16. The second-order valence-corrected chi connectivity index (χ2v) is 4.77. The van der Waals surface area contributed by atoms with Crippen LogP contribution in [0.3, 0.4) is 0 Å². The molecule has 0 unspecified atom stereocenters. The molecule has 0 amide bonds. The molecular formula is C17H14N4O2. The van der Waals surface area contributed by atoms with Crippen molar-refractivity contribution in [1.29, 1.82) is 0 Å². The number of benzene rings is 2. The third-order valence-electron chi connectivity index (χ3n) is 3.58. The van der Waals surface area contributed by atoms with E-state index in [0.717, 1.165) is 16.5 Å². The number of hydrogen-bond acceptors (Lipinski definition) is 4. The van der Waals surface area contributed by atoms with E-state index in [2.05, 4.69) is 15.0 Å². The molecule has 0 aliphatic carbocycles. The Morgan fingerprint density at radius 2 is 1.87 bits per heavy atom. The summed E-state index contributed by atoms with van der Waals surface area (Å²) in [5.41, 5.74) is 11.7. The van der Waals surface area contributed by atoms with Gasteiger partial charge >= 0.3 is 0 Å². The molecule has 23 heavy (non-hydrogen) atoms. The summed E-state index contributed by atoms with van der Waals surface area (Å²) in [6.07, 6.45) is 1.70. The Balaban J connectivity index is 2.41. The Morgan fingerprint density at radius 3 is 2.61 bits per heavy atom. The molecule has 1 heterocycles. The largest absolute Gasteiger partial charge is 0.493 e. The third kappa shape index (κ3) is 2.52. The molecule has 2 aromatic carbocycles. The van der Waals surface area contributed by atoms with E-state index in [9.17, 15) is 0 Å².